The van der Waals surface area contributed by atoms with E-state index in [0.717, 1.165) is 12.1 Å². The molecule has 2 nitrogen and oxygen atoms in total. The van der Waals surface area contributed by atoms with Crippen molar-refractivity contribution in [3.8, 4) is 0 Å². The standard InChI is InChI=1S/C15H16N2S2/c1-3-16-15(12-4-6-18-10(12)2)11-8-14-13(17-9-11)5-7-19-14/h4-9,15-16H,3H2,1-2H3. The van der Waals surface area contributed by atoms with E-state index in [1.54, 1.807) is 22.7 Å². The van der Waals surface area contributed by atoms with Gasteiger partial charge in [0.25, 0.3) is 0 Å². The molecule has 0 saturated carbocycles. The number of hydrogen-bond donors (Lipinski definition) is 1. The van der Waals surface area contributed by atoms with E-state index < -0.39 is 0 Å². The molecule has 0 spiro atoms. The Balaban J connectivity index is 2.06. The number of hydrogen-bond acceptors (Lipinski definition) is 4. The second-order valence-corrected chi connectivity index (χ2v) is 6.56. The van der Waals surface area contributed by atoms with E-state index in [1.165, 1.54) is 20.7 Å². The molecule has 0 fully saturated rings. The summed E-state index contributed by atoms with van der Waals surface area (Å²) in [4.78, 5) is 5.93. The maximum absolute atomic E-state index is 4.56. The Morgan fingerprint density at radius 1 is 1.26 bits per heavy atom. The zero-order valence-electron chi connectivity index (χ0n) is 11.0. The van der Waals surface area contributed by atoms with Gasteiger partial charge in [-0.05, 0) is 53.6 Å². The molecule has 0 aliphatic rings. The van der Waals surface area contributed by atoms with E-state index in [1.807, 2.05) is 6.20 Å². The molecule has 98 valence electrons. The molecule has 0 aliphatic heterocycles. The van der Waals surface area contributed by atoms with Gasteiger partial charge >= 0.3 is 0 Å². The van der Waals surface area contributed by atoms with Crippen molar-refractivity contribution < 1.29 is 0 Å². The van der Waals surface area contributed by atoms with Gasteiger partial charge in [-0.3, -0.25) is 4.98 Å². The lowest BCUT2D eigenvalue weighted by atomic mass is 10.0. The first-order valence-corrected chi connectivity index (χ1v) is 8.16. The molecule has 4 heteroatoms. The molecule has 3 aromatic rings. The Morgan fingerprint density at radius 3 is 2.84 bits per heavy atom. The summed E-state index contributed by atoms with van der Waals surface area (Å²) in [7, 11) is 0. The molecule has 0 aromatic carbocycles. The topological polar surface area (TPSA) is 24.9 Å². The van der Waals surface area contributed by atoms with Crippen LogP contribution in [-0.4, -0.2) is 11.5 Å². The Labute approximate surface area is 121 Å². The smallest absolute Gasteiger partial charge is 0.0809 e. The van der Waals surface area contributed by atoms with Crippen LogP contribution in [0, 0.1) is 6.92 Å². The van der Waals surface area contributed by atoms with Gasteiger partial charge in [-0.1, -0.05) is 6.92 Å². The summed E-state index contributed by atoms with van der Waals surface area (Å²) in [5.41, 5.74) is 3.70. The number of nitrogens with one attached hydrogen (secondary N) is 1. The monoisotopic (exact) mass is 288 g/mol. The molecular weight excluding hydrogens is 272 g/mol. The number of nitrogens with zero attached hydrogens (tertiary/aromatic N) is 1. The Morgan fingerprint density at radius 2 is 2.11 bits per heavy atom. The van der Waals surface area contributed by atoms with Crippen LogP contribution in [0.15, 0.2) is 35.2 Å². The van der Waals surface area contributed by atoms with Gasteiger partial charge in [0.05, 0.1) is 16.3 Å². The zero-order valence-corrected chi connectivity index (χ0v) is 12.6. The average Bonchev–Trinajstić information content (AvgIpc) is 3.03. The largest absolute Gasteiger partial charge is 0.306 e. The van der Waals surface area contributed by atoms with E-state index in [2.05, 4.69) is 53.1 Å². The van der Waals surface area contributed by atoms with Crippen LogP contribution < -0.4 is 5.32 Å². The van der Waals surface area contributed by atoms with Gasteiger partial charge in [-0.15, -0.1) is 22.7 Å². The summed E-state index contributed by atoms with van der Waals surface area (Å²) >= 11 is 3.55. The lowest BCUT2D eigenvalue weighted by molar-refractivity contribution is 0.629. The van der Waals surface area contributed by atoms with Crippen LogP contribution in [0.2, 0.25) is 0 Å². The molecule has 1 N–H and O–H groups in total. The third kappa shape index (κ3) is 2.43. The fourth-order valence-electron chi connectivity index (χ4n) is 2.33. The van der Waals surface area contributed by atoms with Crippen molar-refractivity contribution in [2.45, 2.75) is 19.9 Å². The summed E-state index contributed by atoms with van der Waals surface area (Å²) in [5.74, 6) is 0. The van der Waals surface area contributed by atoms with Crippen molar-refractivity contribution in [1.29, 1.82) is 0 Å². The minimum absolute atomic E-state index is 0.246. The summed E-state index contributed by atoms with van der Waals surface area (Å²) in [6.45, 7) is 5.27. The van der Waals surface area contributed by atoms with Gasteiger partial charge in [0, 0.05) is 11.1 Å². The first-order chi connectivity index (χ1) is 9.29. The van der Waals surface area contributed by atoms with Gasteiger partial charge in [-0.25, -0.2) is 0 Å². The quantitative estimate of drug-likeness (QED) is 0.771. The summed E-state index contributed by atoms with van der Waals surface area (Å²) < 4.78 is 1.26. The Hall–Kier alpha value is -1.23. The van der Waals surface area contributed by atoms with Crippen LogP contribution in [0.4, 0.5) is 0 Å². The minimum Gasteiger partial charge on any atom is -0.306 e. The minimum atomic E-state index is 0.246. The number of pyridine rings is 1. The molecule has 0 amide bonds. The van der Waals surface area contributed by atoms with Gasteiger partial charge < -0.3 is 5.32 Å². The Bertz CT molecular complexity index is 684. The maximum Gasteiger partial charge on any atom is 0.0809 e. The molecule has 0 saturated heterocycles. The highest BCUT2D eigenvalue weighted by molar-refractivity contribution is 7.17. The van der Waals surface area contributed by atoms with Crippen molar-refractivity contribution in [1.82, 2.24) is 10.3 Å². The van der Waals surface area contributed by atoms with Gasteiger partial charge in [-0.2, -0.15) is 0 Å². The molecule has 3 heterocycles. The predicted octanol–water partition coefficient (Wildman–Crippen LogP) is 4.37. The first kappa shape index (κ1) is 12.8. The number of thiophene rings is 2. The van der Waals surface area contributed by atoms with Crippen molar-refractivity contribution in [2.75, 3.05) is 6.54 Å². The van der Waals surface area contributed by atoms with Crippen LogP contribution in [0.3, 0.4) is 0 Å². The van der Waals surface area contributed by atoms with E-state index in [9.17, 15) is 0 Å². The molecule has 0 bridgehead atoms. The molecule has 3 aromatic heterocycles. The third-order valence-electron chi connectivity index (χ3n) is 3.28. The highest BCUT2D eigenvalue weighted by Gasteiger charge is 2.16. The normalized spacial score (nSPS) is 12.9. The van der Waals surface area contributed by atoms with Crippen molar-refractivity contribution in [2.24, 2.45) is 0 Å². The lowest BCUT2D eigenvalue weighted by Gasteiger charge is -2.18. The highest BCUT2D eigenvalue weighted by Crippen LogP contribution is 2.30. The van der Waals surface area contributed by atoms with Gasteiger partial charge in [0.1, 0.15) is 0 Å². The zero-order chi connectivity index (χ0) is 13.2. The summed E-state index contributed by atoms with van der Waals surface area (Å²) in [6.07, 6.45) is 2.00. The second kappa shape index (κ2) is 5.41. The van der Waals surface area contributed by atoms with Crippen LogP contribution in [0.1, 0.15) is 29.0 Å². The molecule has 0 radical (unpaired) electrons. The highest BCUT2D eigenvalue weighted by atomic mass is 32.1. The number of aryl methyl sites for hydroxylation is 1. The van der Waals surface area contributed by atoms with Gasteiger partial charge in [0.2, 0.25) is 0 Å². The fourth-order valence-corrected chi connectivity index (χ4v) is 3.86. The van der Waals surface area contributed by atoms with Crippen LogP contribution in [0.5, 0.6) is 0 Å². The van der Waals surface area contributed by atoms with E-state index >= 15 is 0 Å². The van der Waals surface area contributed by atoms with E-state index in [4.69, 9.17) is 0 Å². The lowest BCUT2D eigenvalue weighted by Crippen LogP contribution is -2.22. The molecular formula is C15H16N2S2. The predicted molar refractivity (Wildman–Crippen MR) is 84.2 cm³/mol. The van der Waals surface area contributed by atoms with Gasteiger partial charge in [0.15, 0.2) is 0 Å². The van der Waals surface area contributed by atoms with E-state index in [0.29, 0.717) is 0 Å². The summed E-state index contributed by atoms with van der Waals surface area (Å²) in [5, 5.41) is 7.83. The second-order valence-electron chi connectivity index (χ2n) is 4.50. The average molecular weight is 288 g/mol. The molecule has 1 unspecified atom stereocenters. The first-order valence-electron chi connectivity index (χ1n) is 6.40. The fraction of sp³-hybridized carbons (Fsp3) is 0.267. The number of aromatic nitrogens is 1. The van der Waals surface area contributed by atoms with Crippen LogP contribution >= 0.6 is 22.7 Å². The van der Waals surface area contributed by atoms with Crippen molar-refractivity contribution >= 4 is 32.9 Å². The number of rotatable bonds is 4. The molecule has 1 atom stereocenters. The van der Waals surface area contributed by atoms with Crippen molar-refractivity contribution in [3.63, 3.8) is 0 Å². The Kier molecular flexibility index (Phi) is 3.64. The molecule has 3 rings (SSSR count). The summed E-state index contributed by atoms with van der Waals surface area (Å²) in [6, 6.07) is 6.79. The maximum atomic E-state index is 4.56. The van der Waals surface area contributed by atoms with Crippen molar-refractivity contribution in [3.05, 3.63) is 51.2 Å². The van der Waals surface area contributed by atoms with E-state index in [-0.39, 0.29) is 6.04 Å². The van der Waals surface area contributed by atoms with Crippen LogP contribution in [0.25, 0.3) is 10.2 Å². The third-order valence-corrected chi connectivity index (χ3v) is 4.99. The SMILES string of the molecule is CCNC(c1cnc2ccsc2c1)c1ccsc1C. The molecule has 0 aliphatic carbocycles. The van der Waals surface area contributed by atoms with Crippen LogP contribution in [-0.2, 0) is 0 Å². The number of fused-ring (bicyclic) bond motifs is 1. The molecule has 19 heavy (non-hydrogen) atoms.